The molecule has 4 aromatic rings. The van der Waals surface area contributed by atoms with Crippen LogP contribution in [0, 0.1) is 0 Å². The Labute approximate surface area is 173 Å². The van der Waals surface area contributed by atoms with Crippen LogP contribution in [0.5, 0.6) is 0 Å². The molecule has 0 spiro atoms. The topological polar surface area (TPSA) is 12.4 Å². The maximum atomic E-state index is 13.0. The third kappa shape index (κ3) is 3.96. The van der Waals surface area contributed by atoms with E-state index in [9.17, 15) is 13.2 Å². The highest BCUT2D eigenvalue weighted by Gasteiger charge is 2.31. The number of halogens is 3. The summed E-state index contributed by atoms with van der Waals surface area (Å²) in [6.07, 6.45) is -4.37. The van der Waals surface area contributed by atoms with E-state index in [-0.39, 0.29) is 0 Å². The lowest BCUT2D eigenvalue weighted by molar-refractivity contribution is -0.137. The number of alkyl halides is 3. The molecule has 0 N–H and O–H groups in total. The summed E-state index contributed by atoms with van der Waals surface area (Å²) in [6, 6.07) is 35.0. The summed E-state index contributed by atoms with van der Waals surface area (Å²) in [4.78, 5) is 0. The van der Waals surface area contributed by atoms with Crippen LogP contribution in [0.1, 0.15) is 5.56 Å². The van der Waals surface area contributed by atoms with Crippen LogP contribution >= 0.6 is 7.05 Å². The summed E-state index contributed by atoms with van der Waals surface area (Å²) >= 11 is 0. The fourth-order valence-corrected chi connectivity index (χ4v) is 6.97. The van der Waals surface area contributed by atoms with Crippen molar-refractivity contribution in [3.63, 3.8) is 0 Å². The molecule has 0 heterocycles. The molecule has 0 saturated carbocycles. The Morgan fingerprint density at radius 1 is 0.500 bits per heavy atom. The highest BCUT2D eigenvalue weighted by Crippen LogP contribution is 2.49. The maximum absolute atomic E-state index is 13.0. The quantitative estimate of drug-likeness (QED) is 0.333. The number of benzene rings is 4. The Morgan fingerprint density at radius 2 is 0.867 bits per heavy atom. The van der Waals surface area contributed by atoms with E-state index in [1.54, 1.807) is 0 Å². The van der Waals surface area contributed by atoms with Crippen LogP contribution in [-0.4, -0.2) is 0 Å². The summed E-state index contributed by atoms with van der Waals surface area (Å²) in [5.41, 5.74) is -0.155. The standard InChI is InChI=1S/C25H19F3NP/c26-25(27,28)20-16-18-21(19-17-20)29-30(22-10-4-1-5-11-22,23-12-6-2-7-13-23)24-14-8-3-9-15-24/h1-19H. The molecule has 0 saturated heterocycles. The van der Waals surface area contributed by atoms with Gasteiger partial charge in [-0.25, -0.2) is 0 Å². The first-order chi connectivity index (χ1) is 14.5. The zero-order valence-corrected chi connectivity index (χ0v) is 16.9. The molecule has 0 atom stereocenters. The van der Waals surface area contributed by atoms with E-state index in [0.29, 0.717) is 5.69 Å². The first-order valence-electron chi connectivity index (χ1n) is 9.46. The molecule has 0 fully saturated rings. The van der Waals surface area contributed by atoms with Crippen molar-refractivity contribution in [2.24, 2.45) is 4.74 Å². The largest absolute Gasteiger partial charge is 0.416 e. The van der Waals surface area contributed by atoms with E-state index in [1.165, 1.54) is 12.1 Å². The minimum absolute atomic E-state index is 0.521. The molecule has 4 rings (SSSR count). The lowest BCUT2D eigenvalue weighted by Crippen LogP contribution is -2.25. The average Bonchev–Trinajstić information content (AvgIpc) is 2.79. The molecular weight excluding hydrogens is 402 g/mol. The van der Waals surface area contributed by atoms with E-state index < -0.39 is 18.8 Å². The van der Waals surface area contributed by atoms with Crippen LogP contribution in [-0.2, 0) is 6.18 Å². The van der Waals surface area contributed by atoms with Crippen LogP contribution in [0.3, 0.4) is 0 Å². The Kier molecular flexibility index (Phi) is 5.61. The van der Waals surface area contributed by atoms with Crippen molar-refractivity contribution in [2.45, 2.75) is 6.18 Å². The SMILES string of the molecule is FC(F)(F)c1ccc(N=P(c2ccccc2)(c2ccccc2)c2ccccc2)cc1. The molecule has 5 heteroatoms. The molecule has 0 aliphatic rings. The average molecular weight is 421 g/mol. The number of hydrogen-bond donors (Lipinski definition) is 0. The van der Waals surface area contributed by atoms with Gasteiger partial charge in [0.1, 0.15) is 0 Å². The zero-order chi connectivity index (χ0) is 21.0. The Hall–Kier alpha value is -3.10. The number of rotatable bonds is 4. The first-order valence-corrected chi connectivity index (χ1v) is 11.2. The second-order valence-corrected chi connectivity index (χ2v) is 9.81. The molecule has 0 radical (unpaired) electrons. The molecular formula is C25H19F3NP. The molecule has 0 aliphatic heterocycles. The summed E-state index contributed by atoms with van der Waals surface area (Å²) in [5, 5.41) is 3.13. The first kappa shape index (κ1) is 20.2. The van der Waals surface area contributed by atoms with Gasteiger partial charge in [-0.3, -0.25) is 4.74 Å². The fourth-order valence-electron chi connectivity index (χ4n) is 3.44. The zero-order valence-electron chi connectivity index (χ0n) is 16.0. The van der Waals surface area contributed by atoms with Crippen LogP contribution in [0.25, 0.3) is 0 Å². The highest BCUT2D eigenvalue weighted by molar-refractivity contribution is 7.87. The number of nitrogens with zero attached hydrogens (tertiary/aromatic N) is 1. The molecule has 0 bridgehead atoms. The van der Waals surface area contributed by atoms with Gasteiger partial charge in [0.05, 0.1) is 18.3 Å². The fraction of sp³-hybridized carbons (Fsp3) is 0.0400. The molecule has 150 valence electrons. The van der Waals surface area contributed by atoms with Gasteiger partial charge in [0.15, 0.2) is 0 Å². The molecule has 0 aromatic heterocycles. The third-order valence-electron chi connectivity index (χ3n) is 4.85. The van der Waals surface area contributed by atoms with Crippen molar-refractivity contribution in [3.05, 3.63) is 121 Å². The van der Waals surface area contributed by atoms with Gasteiger partial charge in [-0.1, -0.05) is 91.0 Å². The van der Waals surface area contributed by atoms with Crippen LogP contribution < -0.4 is 15.9 Å². The minimum atomic E-state index is -4.37. The third-order valence-corrected chi connectivity index (χ3v) is 8.52. The van der Waals surface area contributed by atoms with Crippen molar-refractivity contribution < 1.29 is 13.2 Å². The highest BCUT2D eigenvalue weighted by atomic mass is 31.2. The summed E-state index contributed by atoms with van der Waals surface area (Å²) < 4.78 is 44.3. The molecule has 30 heavy (non-hydrogen) atoms. The summed E-state index contributed by atoms with van der Waals surface area (Å²) in [6.45, 7) is 0. The second-order valence-electron chi connectivity index (χ2n) is 6.79. The monoisotopic (exact) mass is 421 g/mol. The van der Waals surface area contributed by atoms with Gasteiger partial charge < -0.3 is 0 Å². The van der Waals surface area contributed by atoms with Gasteiger partial charge in [-0.15, -0.1) is 0 Å². The van der Waals surface area contributed by atoms with E-state index in [2.05, 4.69) is 0 Å². The van der Waals surface area contributed by atoms with Gasteiger partial charge in [-0.05, 0) is 24.3 Å². The van der Waals surface area contributed by atoms with Crippen molar-refractivity contribution >= 4 is 28.7 Å². The molecule has 4 aromatic carbocycles. The van der Waals surface area contributed by atoms with E-state index >= 15 is 0 Å². The van der Waals surface area contributed by atoms with Crippen molar-refractivity contribution in [1.29, 1.82) is 0 Å². The van der Waals surface area contributed by atoms with Crippen LogP contribution in [0.2, 0.25) is 0 Å². The van der Waals surface area contributed by atoms with E-state index in [0.717, 1.165) is 28.0 Å². The van der Waals surface area contributed by atoms with Crippen molar-refractivity contribution in [1.82, 2.24) is 0 Å². The Balaban J connectivity index is 2.04. The predicted molar refractivity (Wildman–Crippen MR) is 119 cm³/mol. The maximum Gasteiger partial charge on any atom is 0.416 e. The Morgan fingerprint density at radius 3 is 1.20 bits per heavy atom. The smallest absolute Gasteiger partial charge is 0.254 e. The van der Waals surface area contributed by atoms with Gasteiger partial charge in [-0.2, -0.15) is 13.2 Å². The van der Waals surface area contributed by atoms with Crippen molar-refractivity contribution in [3.8, 4) is 0 Å². The van der Waals surface area contributed by atoms with Gasteiger partial charge >= 0.3 is 6.18 Å². The molecule has 0 aliphatic carbocycles. The van der Waals surface area contributed by atoms with Gasteiger partial charge in [0.25, 0.3) is 0 Å². The van der Waals surface area contributed by atoms with Gasteiger partial charge in [0, 0.05) is 15.9 Å². The van der Waals surface area contributed by atoms with Crippen LogP contribution in [0.15, 0.2) is 120 Å². The van der Waals surface area contributed by atoms with Crippen LogP contribution in [0.4, 0.5) is 18.9 Å². The van der Waals surface area contributed by atoms with Crippen molar-refractivity contribution in [2.75, 3.05) is 0 Å². The Bertz CT molecular complexity index is 1050. The lowest BCUT2D eigenvalue weighted by atomic mass is 10.2. The summed E-state index contributed by atoms with van der Waals surface area (Å²) in [5.74, 6) is 0. The minimum Gasteiger partial charge on any atom is -0.254 e. The predicted octanol–water partition coefficient (Wildman–Crippen LogP) is 6.51. The normalized spacial score (nSPS) is 11.8. The molecule has 1 nitrogen and oxygen atoms in total. The molecule has 0 amide bonds. The second kappa shape index (κ2) is 8.33. The van der Waals surface area contributed by atoms with Gasteiger partial charge in [0.2, 0.25) is 0 Å². The summed E-state index contributed by atoms with van der Waals surface area (Å²) in [7, 11) is -2.49. The molecule has 0 unspecified atom stereocenters. The lowest BCUT2D eigenvalue weighted by Gasteiger charge is -2.27. The van der Waals surface area contributed by atoms with E-state index in [4.69, 9.17) is 4.74 Å². The number of hydrogen-bond acceptors (Lipinski definition) is 1. The van der Waals surface area contributed by atoms with E-state index in [1.807, 2.05) is 91.0 Å².